The summed E-state index contributed by atoms with van der Waals surface area (Å²) in [7, 11) is 0. The van der Waals surface area contributed by atoms with Gasteiger partial charge >= 0.3 is 0 Å². The van der Waals surface area contributed by atoms with Gasteiger partial charge in [0.1, 0.15) is 0 Å². The van der Waals surface area contributed by atoms with E-state index in [9.17, 15) is 5.11 Å². The predicted molar refractivity (Wildman–Crippen MR) is 96.2 cm³/mol. The molecule has 6 nitrogen and oxygen atoms in total. The molecule has 1 N–H and O–H groups in total. The molecule has 2 fully saturated rings. The summed E-state index contributed by atoms with van der Waals surface area (Å²) in [6.07, 6.45) is 5.35. The average Bonchev–Trinajstić information content (AvgIpc) is 3.22. The van der Waals surface area contributed by atoms with E-state index in [4.69, 9.17) is 0 Å². The van der Waals surface area contributed by atoms with E-state index in [1.54, 1.807) is 0 Å². The predicted octanol–water partition coefficient (Wildman–Crippen LogP) is 2.29. The van der Waals surface area contributed by atoms with E-state index in [2.05, 4.69) is 50.8 Å². The minimum absolute atomic E-state index is 0.223. The summed E-state index contributed by atoms with van der Waals surface area (Å²) >= 11 is 0. The molecule has 1 aliphatic carbocycles. The van der Waals surface area contributed by atoms with Crippen LogP contribution in [0.5, 0.6) is 0 Å². The molecule has 0 radical (unpaired) electrons. The summed E-state index contributed by atoms with van der Waals surface area (Å²) < 4.78 is 2.00. The Labute approximate surface area is 148 Å². The first-order valence-electron chi connectivity index (χ1n) is 9.38. The van der Waals surface area contributed by atoms with Crippen LogP contribution in [0, 0.1) is 11.3 Å². The van der Waals surface area contributed by atoms with Gasteiger partial charge in [0.2, 0.25) is 5.95 Å². The van der Waals surface area contributed by atoms with E-state index in [1.807, 2.05) is 11.6 Å². The lowest BCUT2D eigenvalue weighted by Gasteiger charge is -2.33. The Morgan fingerprint density at radius 3 is 2.56 bits per heavy atom. The molecule has 2 aromatic rings. The minimum atomic E-state index is -0.223. The lowest BCUT2D eigenvalue weighted by molar-refractivity contribution is 0.109. The lowest BCUT2D eigenvalue weighted by Crippen LogP contribution is -2.38. The number of aromatic nitrogens is 4. The first kappa shape index (κ1) is 16.5. The Bertz CT molecular complexity index is 687. The van der Waals surface area contributed by atoms with E-state index in [1.165, 1.54) is 18.4 Å². The second-order valence-corrected chi connectivity index (χ2v) is 7.86. The smallest absolute Gasteiger partial charge is 0.245 e. The first-order valence-corrected chi connectivity index (χ1v) is 9.38. The standard InChI is InChI=1S/C19H27N5O/c1-15(25)17-7-11-23(12-8-17)18-20-21-22-24(18)14-19(9-10-19)13-16-5-3-2-4-6-16/h2-6,15,17,25H,7-14H2,1H3. The number of hydrogen-bond acceptors (Lipinski definition) is 5. The molecule has 1 saturated heterocycles. The number of benzene rings is 1. The summed E-state index contributed by atoms with van der Waals surface area (Å²) in [5.74, 6) is 1.29. The van der Waals surface area contributed by atoms with Crippen LogP contribution in [0.25, 0.3) is 0 Å². The normalized spacial score (nSPS) is 21.3. The minimum Gasteiger partial charge on any atom is -0.393 e. The van der Waals surface area contributed by atoms with Gasteiger partial charge in [0.25, 0.3) is 0 Å². The van der Waals surface area contributed by atoms with Gasteiger partial charge in [-0.3, -0.25) is 0 Å². The van der Waals surface area contributed by atoms with Crippen molar-refractivity contribution in [2.75, 3.05) is 18.0 Å². The lowest BCUT2D eigenvalue weighted by atomic mass is 9.92. The SMILES string of the molecule is CC(O)C1CCN(c2nnnn2CC2(Cc3ccccc3)CC2)CC1. The van der Waals surface area contributed by atoms with Crippen LogP contribution >= 0.6 is 0 Å². The van der Waals surface area contributed by atoms with Crippen LogP contribution in [0.3, 0.4) is 0 Å². The quantitative estimate of drug-likeness (QED) is 0.873. The van der Waals surface area contributed by atoms with Gasteiger partial charge in [-0.2, -0.15) is 0 Å². The van der Waals surface area contributed by atoms with Crippen molar-refractivity contribution < 1.29 is 5.11 Å². The Kier molecular flexibility index (Phi) is 4.46. The molecule has 0 spiro atoms. The van der Waals surface area contributed by atoms with Gasteiger partial charge in [0.05, 0.1) is 12.6 Å². The van der Waals surface area contributed by atoms with Crippen molar-refractivity contribution in [2.45, 2.75) is 51.7 Å². The highest BCUT2D eigenvalue weighted by Gasteiger charge is 2.44. The fourth-order valence-corrected chi connectivity index (χ4v) is 4.02. The average molecular weight is 341 g/mol. The Morgan fingerprint density at radius 2 is 1.92 bits per heavy atom. The van der Waals surface area contributed by atoms with E-state index >= 15 is 0 Å². The molecular weight excluding hydrogens is 314 g/mol. The number of nitrogens with zero attached hydrogens (tertiary/aromatic N) is 5. The summed E-state index contributed by atoms with van der Waals surface area (Å²) in [6, 6.07) is 10.7. The molecule has 2 aliphatic rings. The van der Waals surface area contributed by atoms with Crippen LogP contribution in [0.15, 0.2) is 30.3 Å². The largest absolute Gasteiger partial charge is 0.393 e. The molecule has 1 saturated carbocycles. The van der Waals surface area contributed by atoms with Crippen LogP contribution in [0.1, 0.15) is 38.2 Å². The number of rotatable bonds is 6. The van der Waals surface area contributed by atoms with Crippen LogP contribution in [0.4, 0.5) is 5.95 Å². The van der Waals surface area contributed by atoms with Crippen LogP contribution in [-0.4, -0.2) is 44.5 Å². The molecule has 0 amide bonds. The fraction of sp³-hybridized carbons (Fsp3) is 0.632. The van der Waals surface area contributed by atoms with Crippen molar-refractivity contribution in [2.24, 2.45) is 11.3 Å². The number of hydrogen-bond donors (Lipinski definition) is 1. The third kappa shape index (κ3) is 3.68. The highest BCUT2D eigenvalue weighted by molar-refractivity contribution is 5.29. The van der Waals surface area contributed by atoms with E-state index < -0.39 is 0 Å². The van der Waals surface area contributed by atoms with Gasteiger partial charge in [-0.15, -0.1) is 0 Å². The summed E-state index contributed by atoms with van der Waals surface area (Å²) in [5.41, 5.74) is 1.70. The van der Waals surface area contributed by atoms with Crippen molar-refractivity contribution >= 4 is 5.95 Å². The molecule has 0 bridgehead atoms. The highest BCUT2D eigenvalue weighted by atomic mass is 16.3. The number of aliphatic hydroxyl groups excluding tert-OH is 1. The second kappa shape index (κ2) is 6.75. The zero-order valence-corrected chi connectivity index (χ0v) is 14.9. The maximum Gasteiger partial charge on any atom is 0.245 e. The van der Waals surface area contributed by atoms with Crippen molar-refractivity contribution in [1.29, 1.82) is 0 Å². The molecule has 1 unspecified atom stereocenters. The van der Waals surface area contributed by atoms with Gasteiger partial charge < -0.3 is 10.0 Å². The summed E-state index contributed by atoms with van der Waals surface area (Å²) in [4.78, 5) is 2.28. The first-order chi connectivity index (χ1) is 12.2. The number of tetrazole rings is 1. The highest BCUT2D eigenvalue weighted by Crippen LogP contribution is 2.50. The van der Waals surface area contributed by atoms with Gasteiger partial charge in [0, 0.05) is 13.1 Å². The van der Waals surface area contributed by atoms with Crippen molar-refractivity contribution in [3.05, 3.63) is 35.9 Å². The van der Waals surface area contributed by atoms with Crippen LogP contribution in [0.2, 0.25) is 0 Å². The second-order valence-electron chi connectivity index (χ2n) is 7.86. The summed E-state index contributed by atoms with van der Waals surface area (Å²) in [5, 5.41) is 22.3. The number of anilines is 1. The van der Waals surface area contributed by atoms with Crippen LogP contribution in [-0.2, 0) is 13.0 Å². The van der Waals surface area contributed by atoms with Crippen molar-refractivity contribution in [1.82, 2.24) is 20.2 Å². The van der Waals surface area contributed by atoms with Crippen molar-refractivity contribution in [3.63, 3.8) is 0 Å². The van der Waals surface area contributed by atoms with Gasteiger partial charge in [-0.05, 0) is 66.4 Å². The molecule has 6 heteroatoms. The molecular formula is C19H27N5O. The van der Waals surface area contributed by atoms with E-state index in [0.717, 1.165) is 44.8 Å². The molecule has 25 heavy (non-hydrogen) atoms. The Balaban J connectivity index is 1.42. The zero-order valence-electron chi connectivity index (χ0n) is 14.9. The van der Waals surface area contributed by atoms with Crippen LogP contribution < -0.4 is 4.90 Å². The van der Waals surface area contributed by atoms with Gasteiger partial charge in [-0.25, -0.2) is 4.68 Å². The van der Waals surface area contributed by atoms with Gasteiger partial charge in [-0.1, -0.05) is 35.4 Å². The molecule has 134 valence electrons. The molecule has 1 atom stereocenters. The molecule has 1 aliphatic heterocycles. The monoisotopic (exact) mass is 341 g/mol. The summed E-state index contributed by atoms with van der Waals surface area (Å²) in [6.45, 7) is 4.62. The number of aliphatic hydroxyl groups is 1. The number of piperidine rings is 1. The molecule has 2 heterocycles. The molecule has 1 aromatic heterocycles. The van der Waals surface area contributed by atoms with Gasteiger partial charge in [0.15, 0.2) is 0 Å². The molecule has 1 aromatic carbocycles. The topological polar surface area (TPSA) is 67.1 Å². The van der Waals surface area contributed by atoms with E-state index in [-0.39, 0.29) is 6.10 Å². The Hall–Kier alpha value is -1.95. The fourth-order valence-electron chi connectivity index (χ4n) is 4.02. The third-order valence-corrected chi connectivity index (χ3v) is 5.88. The zero-order chi connectivity index (χ0) is 17.3. The van der Waals surface area contributed by atoms with E-state index in [0.29, 0.717) is 11.3 Å². The van der Waals surface area contributed by atoms with Crippen molar-refractivity contribution in [3.8, 4) is 0 Å². The molecule has 4 rings (SSSR count). The third-order valence-electron chi connectivity index (χ3n) is 5.88. The maximum atomic E-state index is 9.79. The maximum absolute atomic E-state index is 9.79. The Morgan fingerprint density at radius 1 is 1.20 bits per heavy atom.